The van der Waals surface area contributed by atoms with Crippen LogP contribution in [0.25, 0.3) is 0 Å². The lowest BCUT2D eigenvalue weighted by atomic mass is 10.0. The van der Waals surface area contributed by atoms with E-state index in [4.69, 9.17) is 24.3 Å². The van der Waals surface area contributed by atoms with E-state index in [1.807, 2.05) is 0 Å². The number of carbonyl (C=O) groups excluding carboxylic acids is 2. The third kappa shape index (κ3) is 36.3. The van der Waals surface area contributed by atoms with Crippen LogP contribution in [0, 0.1) is 0 Å². The van der Waals surface area contributed by atoms with Crippen LogP contribution in [0.4, 0.5) is 0 Å². The predicted molar refractivity (Wildman–Crippen MR) is 206 cm³/mol. The van der Waals surface area contributed by atoms with Gasteiger partial charge in [-0.25, -0.2) is 4.57 Å². The number of rotatable bonds is 38. The molecule has 0 radical (unpaired) electrons. The summed E-state index contributed by atoms with van der Waals surface area (Å²) in [6.07, 6.45) is 37.7. The smallest absolute Gasteiger partial charge is 0.462 e. The first-order valence-corrected chi connectivity index (χ1v) is 21.8. The summed E-state index contributed by atoms with van der Waals surface area (Å²) in [5, 5.41) is 0. The van der Waals surface area contributed by atoms with Crippen molar-refractivity contribution in [2.24, 2.45) is 5.73 Å². The fourth-order valence-corrected chi connectivity index (χ4v) is 6.31. The molecule has 0 bridgehead atoms. The van der Waals surface area contributed by atoms with E-state index in [0.717, 1.165) is 57.8 Å². The van der Waals surface area contributed by atoms with E-state index in [1.165, 1.54) is 96.3 Å². The van der Waals surface area contributed by atoms with Crippen LogP contribution in [0.2, 0.25) is 0 Å². The molecule has 0 aromatic heterocycles. The van der Waals surface area contributed by atoms with Gasteiger partial charge in [-0.15, -0.1) is 0 Å². The first kappa shape index (κ1) is 48.5. The Morgan fingerprint density at radius 2 is 1.04 bits per heavy atom. The number of hydrogen-bond acceptors (Lipinski definition) is 8. The Hall–Kier alpha value is -1.51. The summed E-state index contributed by atoms with van der Waals surface area (Å²) in [4.78, 5) is 34.8. The molecule has 2 atom stereocenters. The number of carbonyl (C=O) groups is 2. The second kappa shape index (κ2) is 37.3. The number of phosphoric acid groups is 1. The van der Waals surface area contributed by atoms with Crippen molar-refractivity contribution in [2.45, 2.75) is 193 Å². The molecule has 0 aliphatic heterocycles. The van der Waals surface area contributed by atoms with Gasteiger partial charge in [0.15, 0.2) is 6.10 Å². The van der Waals surface area contributed by atoms with Crippen LogP contribution < -0.4 is 5.73 Å². The van der Waals surface area contributed by atoms with Crippen LogP contribution >= 0.6 is 7.82 Å². The minimum atomic E-state index is -4.37. The van der Waals surface area contributed by atoms with Crippen molar-refractivity contribution in [2.75, 3.05) is 26.4 Å². The van der Waals surface area contributed by atoms with E-state index in [9.17, 15) is 19.0 Å². The Morgan fingerprint density at radius 3 is 1.56 bits per heavy atom. The van der Waals surface area contributed by atoms with Crippen molar-refractivity contribution in [1.29, 1.82) is 0 Å². The summed E-state index contributed by atoms with van der Waals surface area (Å²) < 4.78 is 32.7. The van der Waals surface area contributed by atoms with Gasteiger partial charge in [-0.2, -0.15) is 0 Å². The van der Waals surface area contributed by atoms with Crippen LogP contribution in [0.15, 0.2) is 24.3 Å². The monoisotopic (exact) mass is 730 g/mol. The minimum Gasteiger partial charge on any atom is -0.462 e. The van der Waals surface area contributed by atoms with E-state index in [1.54, 1.807) is 0 Å². The van der Waals surface area contributed by atoms with Gasteiger partial charge in [-0.05, 0) is 44.9 Å². The highest BCUT2D eigenvalue weighted by atomic mass is 31.2. The van der Waals surface area contributed by atoms with Crippen molar-refractivity contribution in [3.05, 3.63) is 24.3 Å². The van der Waals surface area contributed by atoms with E-state index >= 15 is 0 Å². The lowest BCUT2D eigenvalue weighted by Gasteiger charge is -2.19. The molecule has 0 heterocycles. The van der Waals surface area contributed by atoms with Gasteiger partial charge in [0.05, 0.1) is 13.2 Å². The standard InChI is InChI=1S/C40H76NO8P/c1-3-5-7-9-11-13-15-17-19-21-23-25-27-29-31-33-40(43)49-38(37-48-50(44,45)47-35-34-41)36-46-39(42)32-30-28-26-24-22-20-18-16-14-12-10-8-6-4-2/h11,13,17,19,38H,3-10,12,14-16,18,20-37,41H2,1-2H3,(H,44,45)/b13-11-,19-17+/t38-/m1/s1. The van der Waals surface area contributed by atoms with Crippen molar-refractivity contribution in [3.63, 3.8) is 0 Å². The van der Waals surface area contributed by atoms with Gasteiger partial charge >= 0.3 is 19.8 Å². The number of phosphoric ester groups is 1. The van der Waals surface area contributed by atoms with Crippen LogP contribution in [0.5, 0.6) is 0 Å². The zero-order valence-corrected chi connectivity index (χ0v) is 33.0. The van der Waals surface area contributed by atoms with Gasteiger partial charge in [0.1, 0.15) is 6.61 Å². The Kier molecular flexibility index (Phi) is 36.1. The van der Waals surface area contributed by atoms with Gasteiger partial charge < -0.3 is 20.1 Å². The molecule has 0 aliphatic rings. The number of unbranched alkanes of at least 4 members (excludes halogenated alkanes) is 21. The van der Waals surface area contributed by atoms with Gasteiger partial charge in [-0.3, -0.25) is 18.6 Å². The molecule has 3 N–H and O–H groups in total. The molecule has 50 heavy (non-hydrogen) atoms. The number of nitrogens with two attached hydrogens (primary N) is 1. The van der Waals surface area contributed by atoms with Crippen molar-refractivity contribution in [3.8, 4) is 0 Å². The lowest BCUT2D eigenvalue weighted by Crippen LogP contribution is -2.29. The topological polar surface area (TPSA) is 134 Å². The first-order chi connectivity index (χ1) is 24.3. The quantitative estimate of drug-likeness (QED) is 0.0275. The molecule has 0 spiro atoms. The molecule has 0 saturated heterocycles. The minimum absolute atomic E-state index is 0.0523. The number of ether oxygens (including phenoxy) is 2. The van der Waals surface area contributed by atoms with E-state index in [0.29, 0.717) is 6.42 Å². The summed E-state index contributed by atoms with van der Waals surface area (Å²) in [6, 6.07) is 0. The normalized spacial score (nSPS) is 13.6. The van der Waals surface area contributed by atoms with Gasteiger partial charge in [0, 0.05) is 19.4 Å². The third-order valence-electron chi connectivity index (χ3n) is 8.59. The zero-order valence-electron chi connectivity index (χ0n) is 32.1. The van der Waals surface area contributed by atoms with E-state index in [-0.39, 0.29) is 38.6 Å². The summed E-state index contributed by atoms with van der Waals surface area (Å²) in [5.41, 5.74) is 5.34. The van der Waals surface area contributed by atoms with Crippen molar-refractivity contribution >= 4 is 19.8 Å². The second-order valence-electron chi connectivity index (χ2n) is 13.5. The largest absolute Gasteiger partial charge is 0.472 e. The fourth-order valence-electron chi connectivity index (χ4n) is 5.55. The summed E-state index contributed by atoms with van der Waals surface area (Å²) in [5.74, 6) is -0.840. The highest BCUT2D eigenvalue weighted by Gasteiger charge is 2.26. The second-order valence-corrected chi connectivity index (χ2v) is 15.0. The molecule has 0 fully saturated rings. The fraction of sp³-hybridized carbons (Fsp3) is 0.850. The lowest BCUT2D eigenvalue weighted by molar-refractivity contribution is -0.161. The number of allylic oxidation sites excluding steroid dienone is 4. The van der Waals surface area contributed by atoms with Gasteiger partial charge in [0.2, 0.25) is 0 Å². The molecule has 9 nitrogen and oxygen atoms in total. The molecule has 0 rings (SSSR count). The zero-order chi connectivity index (χ0) is 36.8. The average molecular weight is 730 g/mol. The third-order valence-corrected chi connectivity index (χ3v) is 9.57. The number of hydrogen-bond donors (Lipinski definition) is 2. The summed E-state index contributed by atoms with van der Waals surface area (Å²) in [7, 11) is -4.37. The van der Waals surface area contributed by atoms with Crippen LogP contribution in [-0.4, -0.2) is 49.3 Å². The van der Waals surface area contributed by atoms with E-state index < -0.39 is 26.5 Å². The summed E-state index contributed by atoms with van der Waals surface area (Å²) >= 11 is 0. The van der Waals surface area contributed by atoms with Crippen LogP contribution in [-0.2, 0) is 32.7 Å². The maximum atomic E-state index is 12.5. The Bertz CT molecular complexity index is 881. The Morgan fingerprint density at radius 1 is 0.600 bits per heavy atom. The number of esters is 2. The molecule has 294 valence electrons. The predicted octanol–water partition coefficient (Wildman–Crippen LogP) is 11.2. The molecule has 0 amide bonds. The summed E-state index contributed by atoms with van der Waals surface area (Å²) in [6.45, 7) is 3.69. The maximum Gasteiger partial charge on any atom is 0.472 e. The SMILES string of the molecule is CCCCC/C=C\C/C=C/CCCCCCCC(=O)O[C@H](COC(=O)CCCCCCCCCCCCCCCC)COP(=O)(O)OCCN. The van der Waals surface area contributed by atoms with Gasteiger partial charge in [0.25, 0.3) is 0 Å². The Labute approximate surface area is 306 Å². The molecular formula is C40H76NO8P. The maximum absolute atomic E-state index is 12.5. The molecule has 0 aliphatic carbocycles. The highest BCUT2D eigenvalue weighted by Crippen LogP contribution is 2.43. The molecule has 0 saturated carbocycles. The average Bonchev–Trinajstić information content (AvgIpc) is 3.10. The van der Waals surface area contributed by atoms with E-state index in [2.05, 4.69) is 38.2 Å². The van der Waals surface area contributed by atoms with Crippen LogP contribution in [0.3, 0.4) is 0 Å². The van der Waals surface area contributed by atoms with Crippen molar-refractivity contribution in [1.82, 2.24) is 0 Å². The molecule has 1 unspecified atom stereocenters. The molecule has 10 heteroatoms. The van der Waals surface area contributed by atoms with Crippen molar-refractivity contribution < 1.29 is 37.6 Å². The van der Waals surface area contributed by atoms with Gasteiger partial charge in [-0.1, -0.05) is 154 Å². The molecule has 0 aromatic rings. The first-order valence-electron chi connectivity index (χ1n) is 20.3. The molecule has 0 aromatic carbocycles. The highest BCUT2D eigenvalue weighted by molar-refractivity contribution is 7.47. The molecular weight excluding hydrogens is 653 g/mol. The Balaban J connectivity index is 4.20. The van der Waals surface area contributed by atoms with Crippen LogP contribution in [0.1, 0.15) is 187 Å².